The van der Waals surface area contributed by atoms with Gasteiger partial charge in [-0.2, -0.15) is 0 Å². The number of nitrogens with zero attached hydrogens (tertiary/aromatic N) is 2. The molecule has 0 radical (unpaired) electrons. The number of likely N-dealkylation sites (N-methyl/N-ethyl adjacent to an activating group) is 2. The summed E-state index contributed by atoms with van der Waals surface area (Å²) in [5.41, 5.74) is 0. The molecule has 2 atom stereocenters. The lowest BCUT2D eigenvalue weighted by Gasteiger charge is -2.42. The van der Waals surface area contributed by atoms with Crippen molar-refractivity contribution in [1.82, 2.24) is 15.1 Å². The van der Waals surface area contributed by atoms with Crippen LogP contribution in [0.3, 0.4) is 0 Å². The summed E-state index contributed by atoms with van der Waals surface area (Å²) >= 11 is 0. The second kappa shape index (κ2) is 6.46. The Morgan fingerprint density at radius 3 is 2.60 bits per heavy atom. The molecule has 0 aliphatic carbocycles. The molecule has 0 spiro atoms. The Labute approximate surface area is 94.8 Å². The maximum Gasteiger partial charge on any atom is 0.0195 e. The molecule has 1 N–H and O–H groups in total. The fraction of sp³-hybridized carbons (Fsp3) is 1.00. The third kappa shape index (κ3) is 3.74. The summed E-state index contributed by atoms with van der Waals surface area (Å²) < 4.78 is 0. The largest absolute Gasteiger partial charge is 0.315 e. The molecule has 2 unspecified atom stereocenters. The highest BCUT2D eigenvalue weighted by Gasteiger charge is 2.24. The van der Waals surface area contributed by atoms with E-state index in [0.29, 0.717) is 12.1 Å². The van der Waals surface area contributed by atoms with Crippen LogP contribution < -0.4 is 5.32 Å². The van der Waals surface area contributed by atoms with Gasteiger partial charge in [0.1, 0.15) is 0 Å². The molecule has 1 rings (SSSR count). The smallest absolute Gasteiger partial charge is 0.0195 e. The van der Waals surface area contributed by atoms with E-state index in [9.17, 15) is 0 Å². The standard InChI is InChI=1S/C12H27N3/c1-5-13-9-11(3)15-8-7-14(6-2)12(4)10-15/h11-13H,5-10H2,1-4H3. The highest BCUT2D eigenvalue weighted by molar-refractivity contribution is 4.81. The molecule has 1 fully saturated rings. The van der Waals surface area contributed by atoms with Crippen LogP contribution in [0.25, 0.3) is 0 Å². The van der Waals surface area contributed by atoms with Gasteiger partial charge in [0, 0.05) is 38.3 Å². The summed E-state index contributed by atoms with van der Waals surface area (Å²) in [6, 6.07) is 1.39. The van der Waals surface area contributed by atoms with Crippen molar-refractivity contribution in [2.24, 2.45) is 0 Å². The number of rotatable bonds is 5. The molecule has 0 bridgehead atoms. The van der Waals surface area contributed by atoms with Crippen molar-refractivity contribution in [1.29, 1.82) is 0 Å². The van der Waals surface area contributed by atoms with E-state index < -0.39 is 0 Å². The molecule has 0 saturated carbocycles. The minimum Gasteiger partial charge on any atom is -0.315 e. The lowest BCUT2D eigenvalue weighted by atomic mass is 10.1. The van der Waals surface area contributed by atoms with Gasteiger partial charge in [0.2, 0.25) is 0 Å². The quantitative estimate of drug-likeness (QED) is 0.735. The van der Waals surface area contributed by atoms with Crippen molar-refractivity contribution in [3.63, 3.8) is 0 Å². The van der Waals surface area contributed by atoms with E-state index in [2.05, 4.69) is 42.8 Å². The highest BCUT2D eigenvalue weighted by atomic mass is 15.3. The molecular formula is C12H27N3. The number of piperazine rings is 1. The Morgan fingerprint density at radius 1 is 1.33 bits per heavy atom. The molecule has 0 amide bonds. The van der Waals surface area contributed by atoms with Crippen LogP contribution in [-0.2, 0) is 0 Å². The van der Waals surface area contributed by atoms with Crippen LogP contribution in [-0.4, -0.2) is 61.2 Å². The summed E-state index contributed by atoms with van der Waals surface area (Å²) in [6.07, 6.45) is 0. The lowest BCUT2D eigenvalue weighted by Crippen LogP contribution is -2.55. The van der Waals surface area contributed by atoms with Crippen LogP contribution in [0.15, 0.2) is 0 Å². The van der Waals surface area contributed by atoms with Crippen LogP contribution >= 0.6 is 0 Å². The second-order valence-electron chi connectivity index (χ2n) is 4.63. The zero-order chi connectivity index (χ0) is 11.3. The zero-order valence-corrected chi connectivity index (χ0v) is 10.8. The van der Waals surface area contributed by atoms with Gasteiger partial charge in [-0.15, -0.1) is 0 Å². The van der Waals surface area contributed by atoms with E-state index in [-0.39, 0.29) is 0 Å². The summed E-state index contributed by atoms with van der Waals surface area (Å²) in [4.78, 5) is 5.18. The van der Waals surface area contributed by atoms with Crippen molar-refractivity contribution in [2.75, 3.05) is 39.3 Å². The number of nitrogens with one attached hydrogen (secondary N) is 1. The Balaban J connectivity index is 2.33. The Morgan fingerprint density at radius 2 is 2.07 bits per heavy atom. The summed E-state index contributed by atoms with van der Waals surface area (Å²) in [6.45, 7) is 16.2. The maximum absolute atomic E-state index is 3.43. The first-order chi connectivity index (χ1) is 7.19. The number of hydrogen-bond donors (Lipinski definition) is 1. The monoisotopic (exact) mass is 213 g/mol. The molecule has 0 aromatic carbocycles. The SMILES string of the molecule is CCNCC(C)N1CCN(CC)C(C)C1. The molecule has 3 heteroatoms. The molecular weight excluding hydrogens is 186 g/mol. The minimum absolute atomic E-state index is 0.673. The van der Waals surface area contributed by atoms with Gasteiger partial charge in [-0.25, -0.2) is 0 Å². The molecule has 0 aromatic heterocycles. The van der Waals surface area contributed by atoms with Crippen molar-refractivity contribution in [2.45, 2.75) is 39.8 Å². The third-order valence-corrected chi connectivity index (χ3v) is 3.52. The Kier molecular flexibility index (Phi) is 5.58. The molecule has 0 aromatic rings. The fourth-order valence-electron chi connectivity index (χ4n) is 2.38. The van der Waals surface area contributed by atoms with Gasteiger partial charge in [0.15, 0.2) is 0 Å². The molecule has 15 heavy (non-hydrogen) atoms. The van der Waals surface area contributed by atoms with Crippen LogP contribution in [0.5, 0.6) is 0 Å². The average molecular weight is 213 g/mol. The molecule has 1 heterocycles. The normalized spacial score (nSPS) is 26.8. The van der Waals surface area contributed by atoms with E-state index in [4.69, 9.17) is 0 Å². The van der Waals surface area contributed by atoms with Crippen molar-refractivity contribution < 1.29 is 0 Å². The van der Waals surface area contributed by atoms with E-state index in [0.717, 1.165) is 13.1 Å². The van der Waals surface area contributed by atoms with Gasteiger partial charge in [0.05, 0.1) is 0 Å². The van der Waals surface area contributed by atoms with Gasteiger partial charge in [-0.1, -0.05) is 13.8 Å². The molecule has 1 aliphatic heterocycles. The Bertz CT molecular complexity index is 172. The van der Waals surface area contributed by atoms with Gasteiger partial charge < -0.3 is 5.32 Å². The molecule has 90 valence electrons. The first-order valence-corrected chi connectivity index (χ1v) is 6.37. The van der Waals surface area contributed by atoms with Crippen LogP contribution in [0.1, 0.15) is 27.7 Å². The number of hydrogen-bond acceptors (Lipinski definition) is 3. The molecule has 3 nitrogen and oxygen atoms in total. The van der Waals surface area contributed by atoms with Gasteiger partial charge in [0.25, 0.3) is 0 Å². The summed E-state index contributed by atoms with van der Waals surface area (Å²) in [7, 11) is 0. The van der Waals surface area contributed by atoms with Crippen LogP contribution in [0.2, 0.25) is 0 Å². The van der Waals surface area contributed by atoms with Gasteiger partial charge in [-0.05, 0) is 26.9 Å². The predicted molar refractivity (Wildman–Crippen MR) is 66.3 cm³/mol. The summed E-state index contributed by atoms with van der Waals surface area (Å²) in [5.74, 6) is 0. The third-order valence-electron chi connectivity index (χ3n) is 3.52. The lowest BCUT2D eigenvalue weighted by molar-refractivity contribution is 0.0638. The van der Waals surface area contributed by atoms with Crippen LogP contribution in [0, 0.1) is 0 Å². The summed E-state index contributed by atoms with van der Waals surface area (Å²) in [5, 5.41) is 3.43. The van der Waals surface area contributed by atoms with Crippen LogP contribution in [0.4, 0.5) is 0 Å². The minimum atomic E-state index is 0.673. The van der Waals surface area contributed by atoms with E-state index in [1.807, 2.05) is 0 Å². The zero-order valence-electron chi connectivity index (χ0n) is 10.8. The fourth-order valence-corrected chi connectivity index (χ4v) is 2.38. The highest BCUT2D eigenvalue weighted by Crippen LogP contribution is 2.11. The van der Waals surface area contributed by atoms with E-state index >= 15 is 0 Å². The topological polar surface area (TPSA) is 18.5 Å². The first-order valence-electron chi connectivity index (χ1n) is 6.37. The van der Waals surface area contributed by atoms with Crippen molar-refractivity contribution >= 4 is 0 Å². The first kappa shape index (κ1) is 12.9. The van der Waals surface area contributed by atoms with E-state index in [1.165, 1.54) is 26.2 Å². The van der Waals surface area contributed by atoms with Crippen molar-refractivity contribution in [3.05, 3.63) is 0 Å². The van der Waals surface area contributed by atoms with Gasteiger partial charge >= 0.3 is 0 Å². The predicted octanol–water partition coefficient (Wildman–Crippen LogP) is 1.01. The van der Waals surface area contributed by atoms with E-state index in [1.54, 1.807) is 0 Å². The molecule has 1 aliphatic rings. The molecule has 1 saturated heterocycles. The average Bonchev–Trinajstić information content (AvgIpc) is 2.25. The van der Waals surface area contributed by atoms with Crippen molar-refractivity contribution in [3.8, 4) is 0 Å². The second-order valence-corrected chi connectivity index (χ2v) is 4.63. The Hall–Kier alpha value is -0.120. The van der Waals surface area contributed by atoms with Gasteiger partial charge in [-0.3, -0.25) is 9.80 Å². The maximum atomic E-state index is 3.43.